The molecule has 0 unspecified atom stereocenters. The van der Waals surface area contributed by atoms with Crippen LogP contribution in [-0.4, -0.2) is 16.7 Å². The summed E-state index contributed by atoms with van der Waals surface area (Å²) in [6, 6.07) is 7.22. The van der Waals surface area contributed by atoms with Crippen LogP contribution in [-0.2, 0) is 4.79 Å². The van der Waals surface area contributed by atoms with Gasteiger partial charge in [-0.2, -0.15) is 0 Å². The number of rotatable bonds is 3. The lowest BCUT2D eigenvalue weighted by atomic mass is 10.1. The molecule has 0 aliphatic rings. The largest absolute Gasteiger partial charge is 0.295 e. The highest BCUT2D eigenvalue weighted by molar-refractivity contribution is 8.13. The van der Waals surface area contributed by atoms with Gasteiger partial charge in [-0.15, -0.1) is 0 Å². The second-order valence-electron chi connectivity index (χ2n) is 3.53. The van der Waals surface area contributed by atoms with Crippen LogP contribution in [0.1, 0.15) is 36.2 Å². The molecule has 0 radical (unpaired) electrons. The molecule has 0 fully saturated rings. The highest BCUT2D eigenvalue weighted by Gasteiger charge is 1.96. The second kappa shape index (κ2) is 6.93. The van der Waals surface area contributed by atoms with Gasteiger partial charge in [0, 0.05) is 30.2 Å². The molecule has 0 atom stereocenters. The van der Waals surface area contributed by atoms with Crippen molar-refractivity contribution in [3.05, 3.63) is 35.4 Å². The van der Waals surface area contributed by atoms with Gasteiger partial charge < -0.3 is 0 Å². The Morgan fingerprint density at radius 3 is 2.35 bits per heavy atom. The lowest BCUT2D eigenvalue weighted by Gasteiger charge is -1.94. The molecular formula is C14H14O2S. The lowest BCUT2D eigenvalue weighted by molar-refractivity contribution is -0.109. The average molecular weight is 246 g/mol. The van der Waals surface area contributed by atoms with Gasteiger partial charge in [-0.1, -0.05) is 35.7 Å². The normalized spacial score (nSPS) is 9.29. The summed E-state index contributed by atoms with van der Waals surface area (Å²) in [6.45, 7) is 3.10. The van der Waals surface area contributed by atoms with E-state index in [-0.39, 0.29) is 10.9 Å². The summed E-state index contributed by atoms with van der Waals surface area (Å²) in [6.07, 6.45) is 0.693. The second-order valence-corrected chi connectivity index (χ2v) is 4.80. The first-order valence-corrected chi connectivity index (χ1v) is 6.31. The summed E-state index contributed by atoms with van der Waals surface area (Å²) in [7, 11) is 0. The quantitative estimate of drug-likeness (QED) is 0.467. The van der Waals surface area contributed by atoms with Gasteiger partial charge in [0.25, 0.3) is 0 Å². The molecule has 1 rings (SSSR count). The van der Waals surface area contributed by atoms with Crippen molar-refractivity contribution in [3.8, 4) is 11.8 Å². The fourth-order valence-corrected chi connectivity index (χ4v) is 1.69. The number of hydrogen-bond donors (Lipinski definition) is 0. The van der Waals surface area contributed by atoms with E-state index in [2.05, 4.69) is 11.8 Å². The maximum Gasteiger partial charge on any atom is 0.185 e. The van der Waals surface area contributed by atoms with E-state index in [0.29, 0.717) is 12.0 Å². The number of carbonyl (C=O) groups excluding carboxylic acids is 2. The maximum atomic E-state index is 11.0. The van der Waals surface area contributed by atoms with Gasteiger partial charge in [-0.05, 0) is 19.1 Å². The van der Waals surface area contributed by atoms with E-state index in [1.54, 1.807) is 26.0 Å². The summed E-state index contributed by atoms with van der Waals surface area (Å²) >= 11 is 1.29. The summed E-state index contributed by atoms with van der Waals surface area (Å²) in [4.78, 5) is 21.7. The Balaban J connectivity index is 2.49. The van der Waals surface area contributed by atoms with Crippen molar-refractivity contribution in [3.63, 3.8) is 0 Å². The highest BCUT2D eigenvalue weighted by atomic mass is 32.2. The van der Waals surface area contributed by atoms with E-state index >= 15 is 0 Å². The topological polar surface area (TPSA) is 34.1 Å². The summed E-state index contributed by atoms with van der Waals surface area (Å²) in [5.74, 6) is 6.78. The fourth-order valence-electron chi connectivity index (χ4n) is 1.20. The van der Waals surface area contributed by atoms with E-state index in [0.717, 1.165) is 11.3 Å². The number of Topliss-reactive ketones (excluding diaryl/α,β-unsaturated/α-hetero) is 1. The molecule has 1 aromatic carbocycles. The predicted octanol–water partition coefficient (Wildman–Crippen LogP) is 2.91. The lowest BCUT2D eigenvalue weighted by Crippen LogP contribution is -1.90. The third kappa shape index (κ3) is 5.37. The molecule has 0 aromatic heterocycles. The van der Waals surface area contributed by atoms with Crippen molar-refractivity contribution >= 4 is 22.7 Å². The number of benzene rings is 1. The first-order valence-electron chi connectivity index (χ1n) is 5.33. The van der Waals surface area contributed by atoms with Crippen LogP contribution in [0.3, 0.4) is 0 Å². The molecule has 88 valence electrons. The Hall–Kier alpha value is -1.53. The highest BCUT2D eigenvalue weighted by Crippen LogP contribution is 2.05. The smallest absolute Gasteiger partial charge is 0.185 e. The summed E-state index contributed by atoms with van der Waals surface area (Å²) in [5.41, 5.74) is 1.59. The van der Waals surface area contributed by atoms with Crippen LogP contribution in [0.15, 0.2) is 24.3 Å². The first kappa shape index (κ1) is 13.5. The van der Waals surface area contributed by atoms with Crippen LogP contribution < -0.4 is 0 Å². The number of ketones is 1. The van der Waals surface area contributed by atoms with Crippen molar-refractivity contribution in [1.29, 1.82) is 0 Å². The van der Waals surface area contributed by atoms with Gasteiger partial charge in [0.05, 0.1) is 0 Å². The molecule has 0 aliphatic carbocycles. The van der Waals surface area contributed by atoms with Crippen LogP contribution in [0.5, 0.6) is 0 Å². The Labute approximate surface area is 106 Å². The molecular weight excluding hydrogens is 232 g/mol. The SMILES string of the molecule is CC(=O)SCCC#Cc1ccc(C(C)=O)cc1. The minimum Gasteiger partial charge on any atom is -0.295 e. The van der Waals surface area contributed by atoms with Crippen molar-refractivity contribution in [2.45, 2.75) is 20.3 Å². The van der Waals surface area contributed by atoms with E-state index in [9.17, 15) is 9.59 Å². The number of thioether (sulfide) groups is 1. The van der Waals surface area contributed by atoms with Crippen molar-refractivity contribution < 1.29 is 9.59 Å². The molecule has 0 saturated heterocycles. The molecule has 0 N–H and O–H groups in total. The van der Waals surface area contributed by atoms with E-state index in [4.69, 9.17) is 0 Å². The van der Waals surface area contributed by atoms with E-state index in [1.807, 2.05) is 12.1 Å². The van der Waals surface area contributed by atoms with Gasteiger partial charge >= 0.3 is 0 Å². The van der Waals surface area contributed by atoms with Gasteiger partial charge in [0.1, 0.15) is 0 Å². The molecule has 1 aromatic rings. The van der Waals surface area contributed by atoms with Crippen molar-refractivity contribution in [1.82, 2.24) is 0 Å². The molecule has 2 nitrogen and oxygen atoms in total. The minimum absolute atomic E-state index is 0.0577. The van der Waals surface area contributed by atoms with Gasteiger partial charge in [0.15, 0.2) is 10.9 Å². The van der Waals surface area contributed by atoms with Crippen LogP contribution >= 0.6 is 11.8 Å². The molecule has 0 aliphatic heterocycles. The van der Waals surface area contributed by atoms with Gasteiger partial charge in [-0.3, -0.25) is 9.59 Å². The monoisotopic (exact) mass is 246 g/mol. The standard InChI is InChI=1S/C14H14O2S/c1-11(15)14-8-6-13(7-9-14)5-3-4-10-17-12(2)16/h6-9H,4,10H2,1-2H3. The molecule has 0 saturated carbocycles. The minimum atomic E-state index is 0.0577. The maximum absolute atomic E-state index is 11.0. The zero-order valence-corrected chi connectivity index (χ0v) is 10.8. The molecule has 0 heterocycles. The predicted molar refractivity (Wildman–Crippen MR) is 71.1 cm³/mol. The van der Waals surface area contributed by atoms with Crippen LogP contribution in [0.4, 0.5) is 0 Å². The third-order valence-corrected chi connectivity index (χ3v) is 2.87. The summed E-state index contributed by atoms with van der Waals surface area (Å²) in [5, 5.41) is 0.123. The van der Waals surface area contributed by atoms with Crippen molar-refractivity contribution in [2.75, 3.05) is 5.75 Å². The van der Waals surface area contributed by atoms with E-state index in [1.165, 1.54) is 11.8 Å². The molecule has 3 heteroatoms. The Bertz CT molecular complexity index is 463. The zero-order chi connectivity index (χ0) is 12.7. The van der Waals surface area contributed by atoms with Crippen LogP contribution in [0.2, 0.25) is 0 Å². The first-order chi connectivity index (χ1) is 8.09. The van der Waals surface area contributed by atoms with E-state index < -0.39 is 0 Å². The van der Waals surface area contributed by atoms with Crippen LogP contribution in [0, 0.1) is 11.8 Å². The molecule has 0 spiro atoms. The number of carbonyl (C=O) groups is 2. The molecule has 0 amide bonds. The summed E-state index contributed by atoms with van der Waals surface area (Å²) < 4.78 is 0. The molecule has 17 heavy (non-hydrogen) atoms. The van der Waals surface area contributed by atoms with Gasteiger partial charge in [-0.25, -0.2) is 0 Å². The number of hydrogen-bond acceptors (Lipinski definition) is 3. The van der Waals surface area contributed by atoms with Crippen molar-refractivity contribution in [2.24, 2.45) is 0 Å². The Morgan fingerprint density at radius 2 is 1.82 bits per heavy atom. The third-order valence-electron chi connectivity index (χ3n) is 2.06. The fraction of sp³-hybridized carbons (Fsp3) is 0.286. The Morgan fingerprint density at radius 1 is 1.18 bits per heavy atom. The van der Waals surface area contributed by atoms with Gasteiger partial charge in [0.2, 0.25) is 0 Å². The zero-order valence-electron chi connectivity index (χ0n) is 9.95. The van der Waals surface area contributed by atoms with Crippen LogP contribution in [0.25, 0.3) is 0 Å². The Kier molecular flexibility index (Phi) is 5.51. The molecule has 0 bridgehead atoms. The average Bonchev–Trinajstić information content (AvgIpc) is 2.29.